The van der Waals surface area contributed by atoms with Crippen molar-refractivity contribution in [3.63, 3.8) is 0 Å². The Balaban J connectivity index is 2.33. The minimum atomic E-state index is -1.04. The quantitative estimate of drug-likeness (QED) is 0.350. The van der Waals surface area contributed by atoms with Crippen molar-refractivity contribution >= 4 is 12.0 Å². The SMILES string of the molecule is C[C@@]1([N+]([O-])=Cc2ccccc2F)CCCCC1=O. The molecule has 96 valence electrons. The van der Waals surface area contributed by atoms with Crippen LogP contribution in [0.1, 0.15) is 38.2 Å². The highest BCUT2D eigenvalue weighted by molar-refractivity contribution is 5.88. The summed E-state index contributed by atoms with van der Waals surface area (Å²) in [6, 6.07) is 6.05. The van der Waals surface area contributed by atoms with Gasteiger partial charge in [-0.3, -0.25) is 4.79 Å². The summed E-state index contributed by atoms with van der Waals surface area (Å²) in [5.41, 5.74) is -0.826. The summed E-state index contributed by atoms with van der Waals surface area (Å²) in [4.78, 5) is 11.9. The monoisotopic (exact) mass is 249 g/mol. The number of benzene rings is 1. The Morgan fingerprint density at radius 1 is 1.39 bits per heavy atom. The van der Waals surface area contributed by atoms with Crippen LogP contribution in [-0.2, 0) is 4.79 Å². The standard InChI is InChI=1S/C14H16FNO2/c1-14(9-5-4-8-13(14)17)16(18)10-11-6-2-3-7-12(11)15/h2-3,6-7,10H,4-5,8-9H2,1H3/t14-/m1/s1. The molecule has 0 amide bonds. The molecule has 2 rings (SSSR count). The van der Waals surface area contributed by atoms with Crippen LogP contribution in [0.3, 0.4) is 0 Å². The van der Waals surface area contributed by atoms with Gasteiger partial charge in [-0.1, -0.05) is 12.1 Å². The fourth-order valence-corrected chi connectivity index (χ4v) is 2.25. The second kappa shape index (κ2) is 4.88. The van der Waals surface area contributed by atoms with Crippen molar-refractivity contribution in [2.45, 2.75) is 38.1 Å². The van der Waals surface area contributed by atoms with Crippen molar-refractivity contribution in [3.8, 4) is 0 Å². The van der Waals surface area contributed by atoms with Crippen molar-refractivity contribution in [2.24, 2.45) is 0 Å². The van der Waals surface area contributed by atoms with Gasteiger partial charge in [0, 0.05) is 19.8 Å². The molecule has 0 unspecified atom stereocenters. The van der Waals surface area contributed by atoms with Gasteiger partial charge in [-0.2, -0.15) is 4.74 Å². The lowest BCUT2D eigenvalue weighted by Gasteiger charge is -2.30. The molecule has 1 saturated carbocycles. The normalized spacial score (nSPS) is 25.2. The fraction of sp³-hybridized carbons (Fsp3) is 0.429. The molecule has 1 atom stereocenters. The lowest BCUT2D eigenvalue weighted by atomic mass is 9.82. The molecule has 1 aliphatic carbocycles. The van der Waals surface area contributed by atoms with E-state index >= 15 is 0 Å². The third-order valence-electron chi connectivity index (χ3n) is 3.57. The minimum Gasteiger partial charge on any atom is -0.623 e. The van der Waals surface area contributed by atoms with E-state index in [0.717, 1.165) is 12.8 Å². The van der Waals surface area contributed by atoms with Crippen LogP contribution in [0.5, 0.6) is 0 Å². The largest absolute Gasteiger partial charge is 0.623 e. The van der Waals surface area contributed by atoms with Crippen molar-refractivity contribution in [1.82, 2.24) is 0 Å². The summed E-state index contributed by atoms with van der Waals surface area (Å²) in [6.45, 7) is 1.64. The van der Waals surface area contributed by atoms with Crippen molar-refractivity contribution in [3.05, 3.63) is 40.9 Å². The zero-order chi connectivity index (χ0) is 13.2. The molecule has 1 aromatic carbocycles. The molecular formula is C14H16FNO2. The number of ketones is 1. The van der Waals surface area contributed by atoms with E-state index in [-0.39, 0.29) is 11.3 Å². The van der Waals surface area contributed by atoms with E-state index in [1.54, 1.807) is 19.1 Å². The maximum atomic E-state index is 13.5. The van der Waals surface area contributed by atoms with Gasteiger partial charge in [0.1, 0.15) is 5.82 Å². The van der Waals surface area contributed by atoms with E-state index in [9.17, 15) is 14.4 Å². The predicted molar refractivity (Wildman–Crippen MR) is 67.1 cm³/mol. The number of hydrogen-bond donors (Lipinski definition) is 0. The second-order valence-corrected chi connectivity index (χ2v) is 4.88. The molecular weight excluding hydrogens is 233 g/mol. The highest BCUT2D eigenvalue weighted by Crippen LogP contribution is 2.27. The average Bonchev–Trinajstić information content (AvgIpc) is 2.36. The van der Waals surface area contributed by atoms with Crippen LogP contribution in [0.2, 0.25) is 0 Å². The van der Waals surface area contributed by atoms with Crippen molar-refractivity contribution in [1.29, 1.82) is 0 Å². The topological polar surface area (TPSA) is 43.1 Å². The average molecular weight is 249 g/mol. The first-order valence-corrected chi connectivity index (χ1v) is 6.13. The highest BCUT2D eigenvalue weighted by Gasteiger charge is 2.42. The first kappa shape index (κ1) is 12.7. The first-order valence-electron chi connectivity index (χ1n) is 6.13. The molecule has 3 nitrogen and oxygen atoms in total. The number of halogens is 1. The number of hydroxylamine groups is 1. The number of carbonyl (C=O) groups is 1. The van der Waals surface area contributed by atoms with Gasteiger partial charge in [-0.05, 0) is 25.0 Å². The van der Waals surface area contributed by atoms with Crippen LogP contribution < -0.4 is 0 Å². The Labute approximate surface area is 106 Å². The van der Waals surface area contributed by atoms with Gasteiger partial charge in [-0.25, -0.2) is 4.39 Å². The summed E-state index contributed by atoms with van der Waals surface area (Å²) < 4.78 is 14.1. The Morgan fingerprint density at radius 2 is 2.11 bits per heavy atom. The van der Waals surface area contributed by atoms with Gasteiger partial charge in [0.05, 0.1) is 5.56 Å². The lowest BCUT2D eigenvalue weighted by Crippen LogP contribution is -2.47. The zero-order valence-corrected chi connectivity index (χ0v) is 10.4. The van der Waals surface area contributed by atoms with Crippen LogP contribution >= 0.6 is 0 Å². The smallest absolute Gasteiger partial charge is 0.227 e. The number of nitrogens with zero attached hydrogens (tertiary/aromatic N) is 1. The predicted octanol–water partition coefficient (Wildman–Crippen LogP) is 2.66. The zero-order valence-electron chi connectivity index (χ0n) is 10.4. The summed E-state index contributed by atoms with van der Waals surface area (Å²) in [7, 11) is 0. The molecule has 1 fully saturated rings. The molecule has 1 aromatic rings. The molecule has 0 radical (unpaired) electrons. The van der Waals surface area contributed by atoms with Crippen LogP contribution in [0.25, 0.3) is 0 Å². The molecule has 1 aliphatic rings. The number of hydrogen-bond acceptors (Lipinski definition) is 2. The third-order valence-corrected chi connectivity index (χ3v) is 3.57. The Hall–Kier alpha value is -1.71. The molecule has 18 heavy (non-hydrogen) atoms. The van der Waals surface area contributed by atoms with Gasteiger partial charge in [-0.15, -0.1) is 0 Å². The van der Waals surface area contributed by atoms with Crippen molar-refractivity contribution < 1.29 is 13.9 Å². The molecule has 4 heteroatoms. The second-order valence-electron chi connectivity index (χ2n) is 4.88. The van der Waals surface area contributed by atoms with Gasteiger partial charge < -0.3 is 5.21 Å². The molecule has 0 N–H and O–H groups in total. The van der Waals surface area contributed by atoms with Crippen molar-refractivity contribution in [2.75, 3.05) is 0 Å². The molecule has 0 aromatic heterocycles. The Bertz CT molecular complexity index is 498. The maximum absolute atomic E-state index is 13.5. The number of carbonyl (C=O) groups excluding carboxylic acids is 1. The van der Waals surface area contributed by atoms with Gasteiger partial charge >= 0.3 is 0 Å². The number of rotatable bonds is 2. The Kier molecular flexibility index (Phi) is 3.45. The lowest BCUT2D eigenvalue weighted by molar-refractivity contribution is -0.525. The van der Waals surface area contributed by atoms with Crippen LogP contribution in [-0.4, -0.2) is 22.3 Å². The first-order chi connectivity index (χ1) is 8.54. The van der Waals surface area contributed by atoms with E-state index < -0.39 is 11.4 Å². The van der Waals surface area contributed by atoms with E-state index in [1.165, 1.54) is 18.3 Å². The van der Waals surface area contributed by atoms with E-state index in [4.69, 9.17) is 0 Å². The van der Waals surface area contributed by atoms with Gasteiger partial charge in [0.15, 0.2) is 6.21 Å². The molecule has 0 spiro atoms. The molecule has 0 heterocycles. The molecule has 0 saturated heterocycles. The third kappa shape index (κ3) is 2.28. The van der Waals surface area contributed by atoms with E-state index in [1.807, 2.05) is 0 Å². The summed E-state index contributed by atoms with van der Waals surface area (Å²) in [6.07, 6.45) is 3.83. The maximum Gasteiger partial charge on any atom is 0.227 e. The van der Waals surface area contributed by atoms with Gasteiger partial charge in [0.2, 0.25) is 11.3 Å². The van der Waals surface area contributed by atoms with Crippen LogP contribution in [0.4, 0.5) is 4.39 Å². The summed E-state index contributed by atoms with van der Waals surface area (Å²) >= 11 is 0. The van der Waals surface area contributed by atoms with E-state index in [2.05, 4.69) is 0 Å². The molecule has 0 bridgehead atoms. The summed E-state index contributed by atoms with van der Waals surface area (Å²) in [5, 5.41) is 12.1. The van der Waals surface area contributed by atoms with Gasteiger partial charge in [0.25, 0.3) is 0 Å². The molecule has 0 aliphatic heterocycles. The minimum absolute atomic E-state index is 0.0589. The fourth-order valence-electron chi connectivity index (χ4n) is 2.25. The highest BCUT2D eigenvalue weighted by atomic mass is 19.1. The van der Waals surface area contributed by atoms with E-state index in [0.29, 0.717) is 17.6 Å². The number of Topliss-reactive ketones (excluding diaryl/α,β-unsaturated/α-hetero) is 1. The van der Waals surface area contributed by atoms with Crippen LogP contribution in [0.15, 0.2) is 24.3 Å². The summed E-state index contributed by atoms with van der Waals surface area (Å²) in [5.74, 6) is -0.512. The Morgan fingerprint density at radius 3 is 2.78 bits per heavy atom. The van der Waals surface area contributed by atoms with Crippen LogP contribution in [0, 0.1) is 11.0 Å².